The van der Waals surface area contributed by atoms with E-state index in [1.165, 1.54) is 0 Å². The van der Waals surface area contributed by atoms with E-state index in [0.29, 0.717) is 18.2 Å². The molecule has 0 spiro atoms. The summed E-state index contributed by atoms with van der Waals surface area (Å²) in [4.78, 5) is 0. The van der Waals surface area contributed by atoms with Gasteiger partial charge in [-0.15, -0.1) is 12.4 Å². The third-order valence-electron chi connectivity index (χ3n) is 3.40. The normalized spacial score (nSPS) is 22.5. The molecular weight excluding hydrogens is 260 g/mol. The minimum absolute atomic E-state index is 0. The highest BCUT2D eigenvalue weighted by Gasteiger charge is 2.30. The average Bonchev–Trinajstić information content (AvgIpc) is 2.26. The van der Waals surface area contributed by atoms with Gasteiger partial charge in [0.2, 0.25) is 10.0 Å². The minimum atomic E-state index is -3.06. The minimum Gasteiger partial charge on any atom is -0.314 e. The number of hydrogen-bond donors (Lipinski definition) is 1. The lowest BCUT2D eigenvalue weighted by atomic mass is 10.1. The fraction of sp³-hybridized carbons (Fsp3) is 1.00. The van der Waals surface area contributed by atoms with Crippen LogP contribution in [0.4, 0.5) is 0 Å². The van der Waals surface area contributed by atoms with Crippen LogP contribution in [0.3, 0.4) is 0 Å². The van der Waals surface area contributed by atoms with Gasteiger partial charge in [0, 0.05) is 25.7 Å². The third kappa shape index (κ3) is 4.73. The summed E-state index contributed by atoms with van der Waals surface area (Å²) in [6.07, 6.45) is 1.88. The van der Waals surface area contributed by atoms with Gasteiger partial charge < -0.3 is 5.32 Å². The first kappa shape index (κ1) is 17.2. The van der Waals surface area contributed by atoms with E-state index in [2.05, 4.69) is 19.2 Å². The molecule has 1 N–H and O–H groups in total. The van der Waals surface area contributed by atoms with Crippen molar-refractivity contribution in [1.82, 2.24) is 9.62 Å². The Labute approximate surface area is 112 Å². The molecule has 0 aromatic carbocycles. The van der Waals surface area contributed by atoms with Crippen LogP contribution in [-0.4, -0.2) is 44.2 Å². The number of rotatable bonds is 5. The summed E-state index contributed by atoms with van der Waals surface area (Å²) in [6, 6.07) is 0.0908. The molecule has 1 aliphatic rings. The molecule has 104 valence electrons. The predicted molar refractivity (Wildman–Crippen MR) is 74.1 cm³/mol. The van der Waals surface area contributed by atoms with Crippen molar-refractivity contribution in [3.05, 3.63) is 0 Å². The standard InChI is InChI=1S/C11H24N2O2S.ClH/c1-4-11(5-2)9-16(14,15)13-7-6-12-8-10(13)3;/h10-12H,4-9H2,1-3H3;1H. The predicted octanol–water partition coefficient (Wildman–Crippen LogP) is 1.47. The van der Waals surface area contributed by atoms with E-state index < -0.39 is 10.0 Å². The number of halogens is 1. The van der Waals surface area contributed by atoms with E-state index in [1.54, 1.807) is 4.31 Å². The fourth-order valence-corrected chi connectivity index (χ4v) is 4.40. The van der Waals surface area contributed by atoms with Crippen LogP contribution in [0.25, 0.3) is 0 Å². The van der Waals surface area contributed by atoms with E-state index >= 15 is 0 Å². The number of nitrogens with zero attached hydrogens (tertiary/aromatic N) is 1. The van der Waals surface area contributed by atoms with Crippen LogP contribution in [0.1, 0.15) is 33.6 Å². The zero-order valence-corrected chi connectivity index (χ0v) is 12.6. The SMILES string of the molecule is CCC(CC)CS(=O)(=O)N1CCNCC1C.Cl. The smallest absolute Gasteiger partial charge is 0.214 e. The molecule has 0 aromatic heterocycles. The Balaban J connectivity index is 0.00000256. The molecule has 17 heavy (non-hydrogen) atoms. The van der Waals surface area contributed by atoms with Gasteiger partial charge in [0.1, 0.15) is 0 Å². The van der Waals surface area contributed by atoms with Crippen LogP contribution in [0, 0.1) is 5.92 Å². The Morgan fingerprint density at radius 3 is 2.41 bits per heavy atom. The molecule has 0 aromatic rings. The zero-order chi connectivity index (χ0) is 12.2. The second-order valence-electron chi connectivity index (χ2n) is 4.62. The van der Waals surface area contributed by atoms with Gasteiger partial charge >= 0.3 is 0 Å². The first-order valence-corrected chi connectivity index (χ1v) is 7.82. The molecule has 0 radical (unpaired) electrons. The average molecular weight is 285 g/mol. The molecular formula is C11H25ClN2O2S. The maximum absolute atomic E-state index is 12.2. The van der Waals surface area contributed by atoms with Crippen molar-refractivity contribution in [2.45, 2.75) is 39.7 Å². The quantitative estimate of drug-likeness (QED) is 0.832. The second-order valence-corrected chi connectivity index (χ2v) is 6.59. The van der Waals surface area contributed by atoms with Crippen LogP contribution >= 0.6 is 12.4 Å². The first-order valence-electron chi connectivity index (χ1n) is 6.21. The summed E-state index contributed by atoms with van der Waals surface area (Å²) in [7, 11) is -3.06. The van der Waals surface area contributed by atoms with Gasteiger partial charge in [-0.3, -0.25) is 0 Å². The molecule has 1 saturated heterocycles. The number of nitrogens with one attached hydrogen (secondary N) is 1. The van der Waals surface area contributed by atoms with Gasteiger partial charge in [0.25, 0.3) is 0 Å². The van der Waals surface area contributed by atoms with Crippen LogP contribution in [0.2, 0.25) is 0 Å². The van der Waals surface area contributed by atoms with Crippen molar-refractivity contribution in [1.29, 1.82) is 0 Å². The van der Waals surface area contributed by atoms with Crippen LogP contribution in [-0.2, 0) is 10.0 Å². The van der Waals surface area contributed by atoms with Gasteiger partial charge in [-0.1, -0.05) is 26.7 Å². The lowest BCUT2D eigenvalue weighted by Gasteiger charge is -2.33. The molecule has 6 heteroatoms. The van der Waals surface area contributed by atoms with Crippen LogP contribution in [0.15, 0.2) is 0 Å². The lowest BCUT2D eigenvalue weighted by molar-refractivity contribution is 0.281. The lowest BCUT2D eigenvalue weighted by Crippen LogP contribution is -2.53. The summed E-state index contributed by atoms with van der Waals surface area (Å²) in [5.41, 5.74) is 0. The Morgan fingerprint density at radius 1 is 1.35 bits per heavy atom. The summed E-state index contributed by atoms with van der Waals surface area (Å²) < 4.78 is 26.1. The Morgan fingerprint density at radius 2 is 1.94 bits per heavy atom. The van der Waals surface area contributed by atoms with E-state index in [4.69, 9.17) is 0 Å². The molecule has 1 rings (SSSR count). The van der Waals surface area contributed by atoms with Crippen molar-refractivity contribution in [2.75, 3.05) is 25.4 Å². The molecule has 4 nitrogen and oxygen atoms in total. The molecule has 1 heterocycles. The van der Waals surface area contributed by atoms with E-state index in [0.717, 1.165) is 25.9 Å². The monoisotopic (exact) mass is 284 g/mol. The summed E-state index contributed by atoms with van der Waals surface area (Å²) in [5, 5.41) is 3.21. The molecule has 0 amide bonds. The van der Waals surface area contributed by atoms with E-state index in [-0.39, 0.29) is 18.4 Å². The Bertz CT molecular complexity index is 305. The molecule has 1 unspecified atom stereocenters. The molecule has 0 saturated carbocycles. The molecule has 1 aliphatic heterocycles. The van der Waals surface area contributed by atoms with Crippen molar-refractivity contribution < 1.29 is 8.42 Å². The number of piperazine rings is 1. The van der Waals surface area contributed by atoms with Crippen molar-refractivity contribution in [3.63, 3.8) is 0 Å². The van der Waals surface area contributed by atoms with Crippen molar-refractivity contribution in [2.24, 2.45) is 5.92 Å². The van der Waals surface area contributed by atoms with Gasteiger partial charge in [0.05, 0.1) is 5.75 Å². The van der Waals surface area contributed by atoms with Crippen molar-refractivity contribution >= 4 is 22.4 Å². The first-order chi connectivity index (χ1) is 7.51. The third-order valence-corrected chi connectivity index (χ3v) is 5.55. The van der Waals surface area contributed by atoms with Crippen LogP contribution in [0.5, 0.6) is 0 Å². The Hall–Kier alpha value is 0.160. The topological polar surface area (TPSA) is 49.4 Å². The Kier molecular flexibility index (Phi) is 7.63. The summed E-state index contributed by atoms with van der Waals surface area (Å²) in [6.45, 7) is 8.24. The molecule has 1 fully saturated rings. The fourth-order valence-electron chi connectivity index (χ4n) is 2.15. The summed E-state index contributed by atoms with van der Waals surface area (Å²) >= 11 is 0. The summed E-state index contributed by atoms with van der Waals surface area (Å²) in [5.74, 6) is 0.608. The van der Waals surface area contributed by atoms with E-state index in [1.807, 2.05) is 6.92 Å². The second kappa shape index (κ2) is 7.56. The van der Waals surface area contributed by atoms with Gasteiger partial charge in [0.15, 0.2) is 0 Å². The molecule has 0 bridgehead atoms. The van der Waals surface area contributed by atoms with Gasteiger partial charge in [-0.2, -0.15) is 4.31 Å². The van der Waals surface area contributed by atoms with Gasteiger partial charge in [-0.05, 0) is 12.8 Å². The van der Waals surface area contributed by atoms with Crippen molar-refractivity contribution in [3.8, 4) is 0 Å². The largest absolute Gasteiger partial charge is 0.314 e. The highest BCUT2D eigenvalue weighted by atomic mass is 35.5. The van der Waals surface area contributed by atoms with E-state index in [9.17, 15) is 8.42 Å². The highest BCUT2D eigenvalue weighted by Crippen LogP contribution is 2.17. The van der Waals surface area contributed by atoms with Gasteiger partial charge in [-0.25, -0.2) is 8.42 Å². The molecule has 0 aliphatic carbocycles. The number of sulfonamides is 1. The zero-order valence-electron chi connectivity index (χ0n) is 11.0. The maximum atomic E-state index is 12.2. The number of hydrogen-bond acceptors (Lipinski definition) is 3. The van der Waals surface area contributed by atoms with Crippen LogP contribution < -0.4 is 5.32 Å². The molecule has 1 atom stereocenters. The highest BCUT2D eigenvalue weighted by molar-refractivity contribution is 7.89. The maximum Gasteiger partial charge on any atom is 0.214 e.